The molecule has 3 heterocycles. The van der Waals surface area contributed by atoms with Crippen LogP contribution in [0.15, 0.2) is 36.7 Å². The number of benzene rings is 1. The predicted molar refractivity (Wildman–Crippen MR) is 98.6 cm³/mol. The standard InChI is InChI=1S/C19H19N5O2/c1-12-3-2-4-14-15(18(25)24-5-7-26-8-6-24)9-16(23-17(12)14)13-10-21-19(20)22-11-13/h2-4,9-11H,5-8H2,1H3,(H2,20,21,22). The number of morpholine rings is 1. The Morgan fingerprint density at radius 1 is 1.19 bits per heavy atom. The highest BCUT2D eigenvalue weighted by Crippen LogP contribution is 2.27. The summed E-state index contributed by atoms with van der Waals surface area (Å²) in [7, 11) is 0. The van der Waals surface area contributed by atoms with Crippen molar-refractivity contribution >= 4 is 22.8 Å². The van der Waals surface area contributed by atoms with Crippen LogP contribution in [0.2, 0.25) is 0 Å². The van der Waals surface area contributed by atoms with Crippen LogP contribution in [-0.2, 0) is 4.74 Å². The van der Waals surface area contributed by atoms with Crippen LogP contribution in [0.4, 0.5) is 5.95 Å². The van der Waals surface area contributed by atoms with E-state index in [9.17, 15) is 4.79 Å². The van der Waals surface area contributed by atoms with E-state index in [1.165, 1.54) is 0 Å². The number of para-hydroxylation sites is 1. The number of pyridine rings is 1. The van der Waals surface area contributed by atoms with Crippen molar-refractivity contribution in [3.63, 3.8) is 0 Å². The highest BCUT2D eigenvalue weighted by molar-refractivity contribution is 6.07. The minimum atomic E-state index is -0.0103. The molecule has 2 aromatic heterocycles. The normalized spacial score (nSPS) is 14.6. The van der Waals surface area contributed by atoms with E-state index in [-0.39, 0.29) is 11.9 Å². The molecular weight excluding hydrogens is 330 g/mol. The molecule has 7 heteroatoms. The number of fused-ring (bicyclic) bond motifs is 1. The molecule has 0 radical (unpaired) electrons. The summed E-state index contributed by atoms with van der Waals surface area (Å²) in [6, 6.07) is 7.68. The van der Waals surface area contributed by atoms with Gasteiger partial charge in [-0.3, -0.25) is 4.79 Å². The molecule has 0 atom stereocenters. The Balaban J connectivity index is 1.88. The lowest BCUT2D eigenvalue weighted by Gasteiger charge is -2.27. The number of aryl methyl sites for hydroxylation is 1. The number of carbonyl (C=O) groups excluding carboxylic acids is 1. The zero-order valence-electron chi connectivity index (χ0n) is 14.5. The molecule has 0 unspecified atom stereocenters. The van der Waals surface area contributed by atoms with Crippen LogP contribution in [0, 0.1) is 6.92 Å². The van der Waals surface area contributed by atoms with Crippen LogP contribution in [-0.4, -0.2) is 52.1 Å². The largest absolute Gasteiger partial charge is 0.378 e. The van der Waals surface area contributed by atoms with Crippen LogP contribution < -0.4 is 5.73 Å². The maximum absolute atomic E-state index is 13.2. The highest BCUT2D eigenvalue weighted by atomic mass is 16.5. The Hall–Kier alpha value is -3.06. The van der Waals surface area contributed by atoms with Gasteiger partial charge in [0.25, 0.3) is 5.91 Å². The van der Waals surface area contributed by atoms with Crippen molar-refractivity contribution in [2.75, 3.05) is 32.0 Å². The third kappa shape index (κ3) is 2.97. The quantitative estimate of drug-likeness (QED) is 0.761. The van der Waals surface area contributed by atoms with Crippen molar-refractivity contribution in [1.29, 1.82) is 0 Å². The average Bonchev–Trinajstić information content (AvgIpc) is 2.68. The number of ether oxygens (including phenoxy) is 1. The molecule has 3 aromatic rings. The van der Waals surface area contributed by atoms with E-state index in [0.29, 0.717) is 37.6 Å². The zero-order valence-corrected chi connectivity index (χ0v) is 14.5. The number of hydrogen-bond acceptors (Lipinski definition) is 6. The Morgan fingerprint density at radius 2 is 1.92 bits per heavy atom. The molecule has 7 nitrogen and oxygen atoms in total. The molecule has 2 N–H and O–H groups in total. The van der Waals surface area contributed by atoms with Crippen LogP contribution in [0.25, 0.3) is 22.2 Å². The van der Waals surface area contributed by atoms with Crippen LogP contribution in [0.1, 0.15) is 15.9 Å². The van der Waals surface area contributed by atoms with Crippen molar-refractivity contribution in [1.82, 2.24) is 19.9 Å². The summed E-state index contributed by atoms with van der Waals surface area (Å²) in [6.45, 7) is 4.30. The van der Waals surface area contributed by atoms with Gasteiger partial charge < -0.3 is 15.4 Å². The molecule has 4 rings (SSSR count). The Morgan fingerprint density at radius 3 is 2.65 bits per heavy atom. The fourth-order valence-corrected chi connectivity index (χ4v) is 3.12. The molecule has 26 heavy (non-hydrogen) atoms. The molecule has 1 saturated heterocycles. The first-order valence-electron chi connectivity index (χ1n) is 8.49. The number of rotatable bonds is 2. The van der Waals surface area contributed by atoms with E-state index in [1.807, 2.05) is 36.1 Å². The molecule has 132 valence electrons. The van der Waals surface area contributed by atoms with E-state index in [0.717, 1.165) is 22.0 Å². The number of anilines is 1. The van der Waals surface area contributed by atoms with Gasteiger partial charge in [0.1, 0.15) is 0 Å². The zero-order chi connectivity index (χ0) is 18.1. The number of nitrogen functional groups attached to an aromatic ring is 1. The van der Waals surface area contributed by atoms with Gasteiger partial charge in [-0.05, 0) is 18.6 Å². The van der Waals surface area contributed by atoms with Gasteiger partial charge in [0.05, 0.1) is 30.0 Å². The van der Waals surface area contributed by atoms with Gasteiger partial charge in [0.2, 0.25) is 5.95 Å². The summed E-state index contributed by atoms with van der Waals surface area (Å²) >= 11 is 0. The molecule has 1 aliphatic rings. The van der Waals surface area contributed by atoms with Crippen molar-refractivity contribution in [3.05, 3.63) is 47.8 Å². The topological polar surface area (TPSA) is 94.2 Å². The summed E-state index contributed by atoms with van der Waals surface area (Å²) in [5, 5.41) is 0.849. The van der Waals surface area contributed by atoms with Gasteiger partial charge >= 0.3 is 0 Å². The smallest absolute Gasteiger partial charge is 0.254 e. The van der Waals surface area contributed by atoms with Gasteiger partial charge in [-0.15, -0.1) is 0 Å². The SMILES string of the molecule is Cc1cccc2c(C(=O)N3CCOCC3)cc(-c3cnc(N)nc3)nc12. The lowest BCUT2D eigenvalue weighted by atomic mass is 10.0. The lowest BCUT2D eigenvalue weighted by Crippen LogP contribution is -2.40. The van der Waals surface area contributed by atoms with E-state index < -0.39 is 0 Å². The number of nitrogens with two attached hydrogens (primary N) is 1. The fourth-order valence-electron chi connectivity index (χ4n) is 3.12. The van der Waals surface area contributed by atoms with E-state index >= 15 is 0 Å². The molecule has 0 saturated carbocycles. The average molecular weight is 349 g/mol. The molecule has 0 bridgehead atoms. The van der Waals surface area contributed by atoms with Crippen molar-refractivity contribution in [3.8, 4) is 11.3 Å². The summed E-state index contributed by atoms with van der Waals surface area (Å²) in [5.41, 5.74) is 9.41. The summed E-state index contributed by atoms with van der Waals surface area (Å²) in [4.78, 5) is 27.8. The molecule has 0 aliphatic carbocycles. The molecule has 1 aliphatic heterocycles. The van der Waals surface area contributed by atoms with Crippen LogP contribution in [0.5, 0.6) is 0 Å². The molecule has 0 spiro atoms. The molecule has 1 aromatic carbocycles. The first kappa shape index (κ1) is 16.4. The summed E-state index contributed by atoms with van der Waals surface area (Å²) in [6.07, 6.45) is 3.25. The summed E-state index contributed by atoms with van der Waals surface area (Å²) in [5.74, 6) is 0.194. The first-order chi connectivity index (χ1) is 12.6. The third-order valence-electron chi connectivity index (χ3n) is 4.54. The second kappa shape index (κ2) is 6.68. The Kier molecular flexibility index (Phi) is 4.22. The van der Waals surface area contributed by atoms with Crippen LogP contribution in [0.3, 0.4) is 0 Å². The van der Waals surface area contributed by atoms with E-state index in [1.54, 1.807) is 12.4 Å². The Labute approximate surface area is 150 Å². The van der Waals surface area contributed by atoms with Gasteiger partial charge in [0, 0.05) is 36.4 Å². The van der Waals surface area contributed by atoms with Gasteiger partial charge in [-0.25, -0.2) is 15.0 Å². The number of carbonyl (C=O) groups is 1. The van der Waals surface area contributed by atoms with Gasteiger partial charge in [-0.1, -0.05) is 18.2 Å². The highest BCUT2D eigenvalue weighted by Gasteiger charge is 2.22. The second-order valence-corrected chi connectivity index (χ2v) is 6.26. The minimum absolute atomic E-state index is 0.0103. The fraction of sp³-hybridized carbons (Fsp3) is 0.263. The third-order valence-corrected chi connectivity index (χ3v) is 4.54. The number of aromatic nitrogens is 3. The minimum Gasteiger partial charge on any atom is -0.378 e. The Bertz CT molecular complexity index is 966. The first-order valence-corrected chi connectivity index (χ1v) is 8.49. The van der Waals surface area contributed by atoms with Gasteiger partial charge in [-0.2, -0.15) is 0 Å². The monoisotopic (exact) mass is 349 g/mol. The number of hydrogen-bond donors (Lipinski definition) is 1. The van der Waals surface area contributed by atoms with Crippen LogP contribution >= 0.6 is 0 Å². The van der Waals surface area contributed by atoms with Crippen molar-refractivity contribution in [2.45, 2.75) is 6.92 Å². The maximum atomic E-state index is 13.2. The summed E-state index contributed by atoms with van der Waals surface area (Å²) < 4.78 is 5.36. The molecular formula is C19H19N5O2. The van der Waals surface area contributed by atoms with E-state index in [4.69, 9.17) is 15.5 Å². The second-order valence-electron chi connectivity index (χ2n) is 6.26. The van der Waals surface area contributed by atoms with E-state index in [2.05, 4.69) is 9.97 Å². The predicted octanol–water partition coefficient (Wildman–Crippen LogP) is 2.05. The lowest BCUT2D eigenvalue weighted by molar-refractivity contribution is 0.0304. The maximum Gasteiger partial charge on any atom is 0.254 e. The number of amides is 1. The van der Waals surface area contributed by atoms with Gasteiger partial charge in [0.15, 0.2) is 0 Å². The molecule has 1 fully saturated rings. The van der Waals surface area contributed by atoms with Crippen molar-refractivity contribution < 1.29 is 9.53 Å². The van der Waals surface area contributed by atoms with Crippen molar-refractivity contribution in [2.24, 2.45) is 0 Å². The molecule has 1 amide bonds. The number of nitrogens with zero attached hydrogens (tertiary/aromatic N) is 4.